The SMILES string of the molecule is CCOCO[C@]1(C(=O)CO)[C@@H](CCO)C[C@H]2[C@@H]3C[C@H](CC)C4=CC(=O)C=C[C@]4(C)[C@H]3CC[C@@]21C. The molecule has 0 bridgehead atoms. The van der Waals surface area contributed by atoms with Gasteiger partial charge in [0, 0.05) is 24.0 Å². The monoisotopic (exact) mass is 474 g/mol. The Labute approximate surface area is 203 Å². The average molecular weight is 475 g/mol. The van der Waals surface area contributed by atoms with Gasteiger partial charge in [-0.15, -0.1) is 0 Å². The highest BCUT2D eigenvalue weighted by Gasteiger charge is 2.71. The minimum absolute atomic E-state index is 0.00755. The van der Waals surface area contributed by atoms with Gasteiger partial charge in [0.1, 0.15) is 19.0 Å². The zero-order chi connectivity index (χ0) is 24.7. The van der Waals surface area contributed by atoms with Gasteiger partial charge in [-0.1, -0.05) is 32.4 Å². The molecule has 0 aromatic heterocycles. The Balaban J connectivity index is 1.78. The van der Waals surface area contributed by atoms with E-state index in [2.05, 4.69) is 26.8 Å². The van der Waals surface area contributed by atoms with Crippen molar-refractivity contribution in [1.29, 1.82) is 0 Å². The number of aliphatic hydroxyl groups excluding tert-OH is 2. The summed E-state index contributed by atoms with van der Waals surface area (Å²) in [6, 6.07) is 0. The van der Waals surface area contributed by atoms with Crippen LogP contribution in [0.15, 0.2) is 23.8 Å². The standard InChI is InChI=1S/C28H42O6/c1-5-18-13-21-22(26(3)10-7-20(31)15-23(18)26)8-11-27(4)24(21)14-19(9-12-29)28(27,25(32)16-30)34-17-33-6-2/h7,10,15,18-19,21-22,24,29-30H,5-6,8-9,11-14,16-17H2,1-4H3/t18-,19-,21+,22-,24-,26+,27-,28-/m0/s1. The number of hydrogen-bond acceptors (Lipinski definition) is 6. The van der Waals surface area contributed by atoms with E-state index in [1.807, 2.05) is 13.0 Å². The lowest BCUT2D eigenvalue weighted by Gasteiger charge is -2.60. The Bertz CT molecular complexity index is 863. The summed E-state index contributed by atoms with van der Waals surface area (Å²) < 4.78 is 11.9. The number of rotatable bonds is 9. The highest BCUT2D eigenvalue weighted by molar-refractivity contribution is 6.01. The van der Waals surface area contributed by atoms with Crippen molar-refractivity contribution in [1.82, 2.24) is 0 Å². The zero-order valence-electron chi connectivity index (χ0n) is 21.2. The quantitative estimate of drug-likeness (QED) is 0.390. The number of carbonyl (C=O) groups is 2. The van der Waals surface area contributed by atoms with Crippen LogP contribution in [0.4, 0.5) is 0 Å². The van der Waals surface area contributed by atoms with Crippen molar-refractivity contribution in [3.8, 4) is 0 Å². The summed E-state index contributed by atoms with van der Waals surface area (Å²) in [6.07, 6.45) is 10.8. The number of carbonyl (C=O) groups excluding carboxylic acids is 2. The molecule has 0 aromatic rings. The normalized spacial score (nSPS) is 43.2. The molecule has 6 nitrogen and oxygen atoms in total. The average Bonchev–Trinajstić information content (AvgIpc) is 3.08. The van der Waals surface area contributed by atoms with Crippen molar-refractivity contribution in [3.63, 3.8) is 0 Å². The van der Waals surface area contributed by atoms with Crippen molar-refractivity contribution >= 4 is 11.6 Å². The van der Waals surface area contributed by atoms with Gasteiger partial charge in [0.2, 0.25) is 0 Å². The second kappa shape index (κ2) is 9.61. The molecule has 6 heteroatoms. The second-order valence-corrected chi connectivity index (χ2v) is 11.3. The molecule has 190 valence electrons. The molecule has 3 saturated carbocycles. The number of allylic oxidation sites excluding steroid dienone is 4. The van der Waals surface area contributed by atoms with Gasteiger partial charge in [0.05, 0.1) is 0 Å². The number of ether oxygens (including phenoxy) is 2. The van der Waals surface area contributed by atoms with E-state index in [4.69, 9.17) is 9.47 Å². The van der Waals surface area contributed by atoms with E-state index in [9.17, 15) is 19.8 Å². The van der Waals surface area contributed by atoms with Crippen LogP contribution in [0, 0.1) is 40.4 Å². The van der Waals surface area contributed by atoms with Gasteiger partial charge in [-0.25, -0.2) is 0 Å². The van der Waals surface area contributed by atoms with E-state index in [1.165, 1.54) is 5.57 Å². The molecule has 8 atom stereocenters. The van der Waals surface area contributed by atoms with Crippen molar-refractivity contribution < 1.29 is 29.3 Å². The highest BCUT2D eigenvalue weighted by atomic mass is 16.7. The molecule has 0 heterocycles. The van der Waals surface area contributed by atoms with Crippen molar-refractivity contribution in [2.45, 2.75) is 71.8 Å². The van der Waals surface area contributed by atoms with Crippen LogP contribution in [0.25, 0.3) is 0 Å². The largest absolute Gasteiger partial charge is 0.396 e. The molecule has 0 saturated heterocycles. The van der Waals surface area contributed by atoms with Crippen molar-refractivity contribution in [2.24, 2.45) is 40.4 Å². The van der Waals surface area contributed by atoms with E-state index < -0.39 is 17.6 Å². The van der Waals surface area contributed by atoms with E-state index in [1.54, 1.807) is 6.08 Å². The molecular weight excluding hydrogens is 432 g/mol. The molecule has 0 aromatic carbocycles. The van der Waals surface area contributed by atoms with Crippen LogP contribution in [0.5, 0.6) is 0 Å². The van der Waals surface area contributed by atoms with Crippen LogP contribution in [0.1, 0.15) is 66.2 Å². The lowest BCUT2D eigenvalue weighted by atomic mass is 9.45. The van der Waals surface area contributed by atoms with Crippen LogP contribution < -0.4 is 0 Å². The maximum absolute atomic E-state index is 13.5. The summed E-state index contributed by atoms with van der Waals surface area (Å²) in [6.45, 7) is 8.46. The van der Waals surface area contributed by atoms with Crippen LogP contribution >= 0.6 is 0 Å². The predicted octanol–water partition coefficient (Wildman–Crippen LogP) is 3.85. The Morgan fingerprint density at radius 2 is 1.94 bits per heavy atom. The Morgan fingerprint density at radius 3 is 2.59 bits per heavy atom. The third-order valence-electron chi connectivity index (χ3n) is 10.2. The Hall–Kier alpha value is -1.34. The van der Waals surface area contributed by atoms with Gasteiger partial charge in [0.25, 0.3) is 0 Å². The van der Waals surface area contributed by atoms with Crippen molar-refractivity contribution in [2.75, 3.05) is 26.6 Å². The minimum atomic E-state index is -1.16. The number of aliphatic hydroxyl groups is 2. The van der Waals surface area contributed by atoms with Gasteiger partial charge in [-0.2, -0.15) is 0 Å². The zero-order valence-corrected chi connectivity index (χ0v) is 21.2. The summed E-state index contributed by atoms with van der Waals surface area (Å²) >= 11 is 0. The van der Waals surface area contributed by atoms with Gasteiger partial charge in [0.15, 0.2) is 11.6 Å². The third kappa shape index (κ3) is 3.59. The molecule has 0 unspecified atom stereocenters. The van der Waals surface area contributed by atoms with E-state index in [-0.39, 0.29) is 42.2 Å². The van der Waals surface area contributed by atoms with Gasteiger partial charge >= 0.3 is 0 Å². The van der Waals surface area contributed by atoms with Gasteiger partial charge < -0.3 is 19.7 Å². The molecule has 2 N–H and O–H groups in total. The smallest absolute Gasteiger partial charge is 0.190 e. The number of Topliss-reactive ketones (excluding diaryl/α,β-unsaturated/α-hetero) is 1. The van der Waals surface area contributed by atoms with Gasteiger partial charge in [-0.05, 0) is 87.2 Å². The number of hydrogen-bond donors (Lipinski definition) is 2. The summed E-state index contributed by atoms with van der Waals surface area (Å²) in [5.74, 6) is 0.988. The first-order valence-corrected chi connectivity index (χ1v) is 13.1. The fraction of sp³-hybridized carbons (Fsp3) is 0.786. The molecular formula is C28H42O6. The molecule has 0 radical (unpaired) electrons. The fourth-order valence-corrected chi connectivity index (χ4v) is 8.68. The summed E-state index contributed by atoms with van der Waals surface area (Å²) in [5.41, 5.74) is -0.479. The molecule has 3 fully saturated rings. The fourth-order valence-electron chi connectivity index (χ4n) is 8.68. The van der Waals surface area contributed by atoms with Crippen LogP contribution in [0.2, 0.25) is 0 Å². The first-order valence-electron chi connectivity index (χ1n) is 13.1. The number of fused-ring (bicyclic) bond motifs is 5. The molecule has 4 rings (SSSR count). The number of ketones is 2. The Morgan fingerprint density at radius 1 is 1.18 bits per heavy atom. The van der Waals surface area contributed by atoms with Gasteiger partial charge in [-0.3, -0.25) is 9.59 Å². The Kier molecular flexibility index (Phi) is 7.27. The van der Waals surface area contributed by atoms with Crippen molar-refractivity contribution in [3.05, 3.63) is 23.8 Å². The molecule has 4 aliphatic rings. The third-order valence-corrected chi connectivity index (χ3v) is 10.2. The van der Waals surface area contributed by atoms with Crippen LogP contribution in [0.3, 0.4) is 0 Å². The summed E-state index contributed by atoms with van der Waals surface area (Å²) in [5, 5.41) is 20.0. The topological polar surface area (TPSA) is 93.1 Å². The maximum atomic E-state index is 13.5. The predicted molar refractivity (Wildman–Crippen MR) is 129 cm³/mol. The lowest BCUT2D eigenvalue weighted by Crippen LogP contribution is -2.61. The second-order valence-electron chi connectivity index (χ2n) is 11.3. The lowest BCUT2D eigenvalue weighted by molar-refractivity contribution is -0.217. The molecule has 0 spiro atoms. The first kappa shape index (κ1) is 25.7. The molecule has 34 heavy (non-hydrogen) atoms. The van der Waals surface area contributed by atoms with Crippen LogP contribution in [-0.2, 0) is 19.1 Å². The van der Waals surface area contributed by atoms with E-state index in [0.717, 1.165) is 32.1 Å². The van der Waals surface area contributed by atoms with Crippen LogP contribution in [-0.4, -0.2) is 54.0 Å². The highest BCUT2D eigenvalue weighted by Crippen LogP contribution is 2.70. The molecule has 0 amide bonds. The summed E-state index contributed by atoms with van der Waals surface area (Å²) in [7, 11) is 0. The minimum Gasteiger partial charge on any atom is -0.396 e. The van der Waals surface area contributed by atoms with E-state index >= 15 is 0 Å². The first-order chi connectivity index (χ1) is 16.2. The summed E-state index contributed by atoms with van der Waals surface area (Å²) in [4.78, 5) is 25.8. The molecule has 0 aliphatic heterocycles. The molecule has 4 aliphatic carbocycles. The maximum Gasteiger partial charge on any atom is 0.190 e. The van der Waals surface area contributed by atoms with E-state index in [0.29, 0.717) is 30.8 Å².